The summed E-state index contributed by atoms with van der Waals surface area (Å²) in [7, 11) is 0. The molecular weight excluding hydrogens is 370 g/mol. The summed E-state index contributed by atoms with van der Waals surface area (Å²) >= 11 is 3.38. The Morgan fingerprint density at radius 2 is 2.08 bits per heavy atom. The highest BCUT2D eigenvalue weighted by Gasteiger charge is 2.08. The smallest absolute Gasteiger partial charge is 0.246 e. The largest absolute Gasteiger partial charge is 0.322 e. The van der Waals surface area contributed by atoms with Gasteiger partial charge < -0.3 is 5.32 Å². The van der Waals surface area contributed by atoms with Gasteiger partial charge in [0.05, 0.1) is 28.6 Å². The van der Waals surface area contributed by atoms with Gasteiger partial charge in [-0.15, -0.1) is 0 Å². The van der Waals surface area contributed by atoms with Crippen LogP contribution in [0.15, 0.2) is 47.3 Å². The highest BCUT2D eigenvalue weighted by molar-refractivity contribution is 9.10. The van der Waals surface area contributed by atoms with E-state index >= 15 is 0 Å². The topological polar surface area (TPSA) is 64.7 Å². The lowest BCUT2D eigenvalue weighted by molar-refractivity contribution is -0.116. The molecule has 24 heavy (non-hydrogen) atoms. The molecule has 124 valence electrons. The predicted molar refractivity (Wildman–Crippen MR) is 95.8 cm³/mol. The lowest BCUT2D eigenvalue weighted by atomic mass is 10.1. The van der Waals surface area contributed by atoms with Gasteiger partial charge >= 0.3 is 0 Å². The fourth-order valence-electron chi connectivity index (χ4n) is 2.43. The van der Waals surface area contributed by atoms with Crippen molar-refractivity contribution in [2.45, 2.75) is 26.9 Å². The molecule has 0 radical (unpaired) electrons. The first kappa shape index (κ1) is 16.4. The minimum Gasteiger partial charge on any atom is -0.322 e. The van der Waals surface area contributed by atoms with Crippen LogP contribution in [0.1, 0.15) is 16.8 Å². The van der Waals surface area contributed by atoms with Crippen molar-refractivity contribution in [1.82, 2.24) is 19.6 Å². The Labute approximate surface area is 148 Å². The van der Waals surface area contributed by atoms with Gasteiger partial charge in [-0.1, -0.05) is 29.8 Å². The van der Waals surface area contributed by atoms with E-state index in [0.717, 1.165) is 10.2 Å². The Morgan fingerprint density at radius 3 is 2.79 bits per heavy atom. The first-order chi connectivity index (χ1) is 11.5. The number of aromatic nitrogens is 4. The van der Waals surface area contributed by atoms with E-state index in [2.05, 4.69) is 56.6 Å². The van der Waals surface area contributed by atoms with Crippen LogP contribution in [-0.4, -0.2) is 25.5 Å². The number of amides is 1. The fourth-order valence-corrected chi connectivity index (χ4v) is 2.75. The van der Waals surface area contributed by atoms with Crippen LogP contribution in [-0.2, 0) is 17.9 Å². The van der Waals surface area contributed by atoms with Gasteiger partial charge in [0.15, 0.2) is 0 Å². The molecule has 2 heterocycles. The van der Waals surface area contributed by atoms with Crippen molar-refractivity contribution in [3.05, 3.63) is 64.1 Å². The van der Waals surface area contributed by atoms with Crippen molar-refractivity contribution < 1.29 is 4.79 Å². The maximum absolute atomic E-state index is 12.1. The van der Waals surface area contributed by atoms with Crippen molar-refractivity contribution in [1.29, 1.82) is 0 Å². The Hall–Kier alpha value is -2.41. The number of hydrogen-bond donors (Lipinski definition) is 1. The minimum atomic E-state index is -0.139. The zero-order chi connectivity index (χ0) is 17.1. The number of aryl methyl sites for hydroxylation is 2. The molecular formula is C17H18BrN5O. The van der Waals surface area contributed by atoms with E-state index < -0.39 is 0 Å². The monoisotopic (exact) mass is 387 g/mol. The zero-order valence-corrected chi connectivity index (χ0v) is 15.1. The van der Waals surface area contributed by atoms with Crippen molar-refractivity contribution >= 4 is 27.5 Å². The van der Waals surface area contributed by atoms with Crippen LogP contribution in [0.25, 0.3) is 0 Å². The van der Waals surface area contributed by atoms with Gasteiger partial charge in [0.2, 0.25) is 5.91 Å². The summed E-state index contributed by atoms with van der Waals surface area (Å²) in [4.78, 5) is 12.1. The van der Waals surface area contributed by atoms with Crippen molar-refractivity contribution in [2.75, 3.05) is 5.32 Å². The van der Waals surface area contributed by atoms with E-state index in [1.54, 1.807) is 21.8 Å². The Morgan fingerprint density at radius 1 is 1.25 bits per heavy atom. The van der Waals surface area contributed by atoms with Crippen molar-refractivity contribution in [3.8, 4) is 0 Å². The maximum atomic E-state index is 12.1. The summed E-state index contributed by atoms with van der Waals surface area (Å²) in [5, 5.41) is 11.4. The number of halogens is 1. The zero-order valence-electron chi connectivity index (χ0n) is 13.5. The minimum absolute atomic E-state index is 0.139. The van der Waals surface area contributed by atoms with Gasteiger partial charge in [-0.25, -0.2) is 0 Å². The van der Waals surface area contributed by atoms with Crippen molar-refractivity contribution in [3.63, 3.8) is 0 Å². The van der Waals surface area contributed by atoms with Crippen molar-refractivity contribution in [2.24, 2.45) is 0 Å². The molecule has 0 fully saturated rings. The molecule has 1 aromatic carbocycles. The number of rotatable bonds is 5. The van der Waals surface area contributed by atoms with Crippen LogP contribution >= 0.6 is 15.9 Å². The molecule has 0 unspecified atom stereocenters. The van der Waals surface area contributed by atoms with Gasteiger partial charge in [-0.05, 0) is 35.3 Å². The molecule has 0 spiro atoms. The number of anilines is 1. The Balaban J connectivity index is 1.60. The lowest BCUT2D eigenvalue weighted by Gasteiger charge is -2.04. The van der Waals surface area contributed by atoms with E-state index in [9.17, 15) is 4.79 Å². The van der Waals surface area contributed by atoms with E-state index in [1.807, 2.05) is 19.2 Å². The highest BCUT2D eigenvalue weighted by atomic mass is 79.9. The number of hydrogen-bond acceptors (Lipinski definition) is 3. The average molecular weight is 388 g/mol. The number of carbonyl (C=O) groups excluding carboxylic acids is 1. The maximum Gasteiger partial charge on any atom is 0.246 e. The molecule has 1 amide bonds. The molecule has 1 N–H and O–H groups in total. The number of carbonyl (C=O) groups is 1. The number of nitrogens with one attached hydrogen (secondary N) is 1. The van der Waals surface area contributed by atoms with Crippen LogP contribution in [0.3, 0.4) is 0 Å². The summed E-state index contributed by atoms with van der Waals surface area (Å²) in [5.74, 6) is -0.139. The number of benzene rings is 1. The van der Waals surface area contributed by atoms with Crippen LogP contribution in [0.2, 0.25) is 0 Å². The molecule has 7 heteroatoms. The number of nitrogens with zero attached hydrogens (tertiary/aromatic N) is 4. The summed E-state index contributed by atoms with van der Waals surface area (Å²) in [6.45, 7) is 4.78. The summed E-state index contributed by atoms with van der Waals surface area (Å²) < 4.78 is 4.30. The van der Waals surface area contributed by atoms with E-state index in [4.69, 9.17) is 0 Å². The molecule has 6 nitrogen and oxygen atoms in total. The SMILES string of the molecule is Cc1cccc(Cn2cc(NC(=O)Cn3cc(Br)c(C)n3)cn2)c1. The predicted octanol–water partition coefficient (Wildman–Crippen LogP) is 3.15. The summed E-state index contributed by atoms with van der Waals surface area (Å²) in [6.07, 6.45) is 5.26. The second-order valence-corrected chi connectivity index (χ2v) is 6.58. The van der Waals surface area contributed by atoms with Gasteiger partial charge in [-0.3, -0.25) is 14.2 Å². The van der Waals surface area contributed by atoms with E-state index in [0.29, 0.717) is 12.2 Å². The van der Waals surface area contributed by atoms with Crippen LogP contribution in [0.4, 0.5) is 5.69 Å². The molecule has 0 bridgehead atoms. The molecule has 0 saturated carbocycles. The first-order valence-electron chi connectivity index (χ1n) is 7.57. The normalized spacial score (nSPS) is 10.8. The Bertz CT molecular complexity index is 848. The molecule has 3 aromatic rings. The first-order valence-corrected chi connectivity index (χ1v) is 8.36. The molecule has 0 aliphatic heterocycles. The van der Waals surface area contributed by atoms with Gasteiger partial charge in [0.1, 0.15) is 6.54 Å². The third-order valence-corrected chi connectivity index (χ3v) is 4.31. The molecule has 3 rings (SSSR count). The summed E-state index contributed by atoms with van der Waals surface area (Å²) in [5.41, 5.74) is 3.92. The second kappa shape index (κ2) is 7.00. The lowest BCUT2D eigenvalue weighted by Crippen LogP contribution is -2.18. The third-order valence-electron chi connectivity index (χ3n) is 3.54. The molecule has 0 saturated heterocycles. The average Bonchev–Trinajstić information content (AvgIpc) is 3.06. The van der Waals surface area contributed by atoms with Gasteiger partial charge in [-0.2, -0.15) is 10.2 Å². The van der Waals surface area contributed by atoms with E-state index in [1.165, 1.54) is 11.1 Å². The molecule has 0 aliphatic carbocycles. The second-order valence-electron chi connectivity index (χ2n) is 5.72. The molecule has 0 aliphatic rings. The summed E-state index contributed by atoms with van der Waals surface area (Å²) in [6, 6.07) is 8.28. The fraction of sp³-hybridized carbons (Fsp3) is 0.235. The van der Waals surface area contributed by atoms with Gasteiger partial charge in [0, 0.05) is 12.4 Å². The highest BCUT2D eigenvalue weighted by Crippen LogP contribution is 2.13. The van der Waals surface area contributed by atoms with Crippen LogP contribution in [0, 0.1) is 13.8 Å². The Kier molecular flexibility index (Phi) is 4.80. The standard InChI is InChI=1S/C17H18BrN5O/c1-12-4-3-5-14(6-12)8-22-9-15(7-19-22)20-17(24)11-23-10-16(18)13(2)21-23/h3-7,9-10H,8,11H2,1-2H3,(H,20,24). The third kappa shape index (κ3) is 4.11. The molecule has 2 aromatic heterocycles. The van der Waals surface area contributed by atoms with Crippen LogP contribution in [0.5, 0.6) is 0 Å². The quantitative estimate of drug-likeness (QED) is 0.731. The van der Waals surface area contributed by atoms with Crippen LogP contribution < -0.4 is 5.32 Å². The molecule has 0 atom stereocenters. The van der Waals surface area contributed by atoms with E-state index in [-0.39, 0.29) is 12.5 Å². The van der Waals surface area contributed by atoms with Gasteiger partial charge in [0.25, 0.3) is 0 Å².